The Morgan fingerprint density at radius 3 is 2.62 bits per heavy atom. The van der Waals surface area contributed by atoms with Crippen LogP contribution in [0.15, 0.2) is 24.3 Å². The van der Waals surface area contributed by atoms with Crippen LogP contribution in [0.5, 0.6) is 0 Å². The van der Waals surface area contributed by atoms with Gasteiger partial charge in [-0.05, 0) is 49.7 Å². The summed E-state index contributed by atoms with van der Waals surface area (Å²) in [7, 11) is 0. The minimum Gasteiger partial charge on any atom is -0.481 e. The van der Waals surface area contributed by atoms with Gasteiger partial charge in [-0.15, -0.1) is 0 Å². The molecule has 0 aliphatic heterocycles. The third kappa shape index (κ3) is 2.94. The second kappa shape index (κ2) is 5.88. The predicted octanol–water partition coefficient (Wildman–Crippen LogP) is 2.68. The Bertz CT molecular complexity index is 555. The van der Waals surface area contributed by atoms with Crippen molar-refractivity contribution in [2.45, 2.75) is 44.6 Å². The second-order valence-electron chi connectivity index (χ2n) is 6.20. The molecule has 1 aromatic carbocycles. The van der Waals surface area contributed by atoms with Gasteiger partial charge in [-0.3, -0.25) is 9.59 Å². The van der Waals surface area contributed by atoms with Crippen LogP contribution in [-0.4, -0.2) is 17.0 Å². The van der Waals surface area contributed by atoms with E-state index in [1.165, 1.54) is 11.1 Å². The summed E-state index contributed by atoms with van der Waals surface area (Å²) in [4.78, 5) is 23.4. The standard InChI is InChI=1S/C17H21NO3/c19-16(12-8-9-13(10-12)17(20)21)18-15-7-3-5-11-4-1-2-6-14(11)15/h1-2,4,6,12-13,15H,3,5,7-10H2,(H,18,19)(H,20,21). The van der Waals surface area contributed by atoms with E-state index in [9.17, 15) is 9.59 Å². The number of nitrogens with one attached hydrogen (secondary N) is 1. The zero-order valence-electron chi connectivity index (χ0n) is 12.0. The van der Waals surface area contributed by atoms with Crippen molar-refractivity contribution in [3.8, 4) is 0 Å². The minimum absolute atomic E-state index is 0.0282. The fourth-order valence-electron chi connectivity index (χ4n) is 3.64. The van der Waals surface area contributed by atoms with Gasteiger partial charge in [0, 0.05) is 5.92 Å². The molecule has 0 heterocycles. The normalized spacial score (nSPS) is 27.9. The van der Waals surface area contributed by atoms with Crippen molar-refractivity contribution in [1.82, 2.24) is 5.32 Å². The molecule has 1 aromatic rings. The molecule has 21 heavy (non-hydrogen) atoms. The lowest BCUT2D eigenvalue weighted by molar-refractivity contribution is -0.141. The Morgan fingerprint density at radius 1 is 1.10 bits per heavy atom. The molecule has 0 radical (unpaired) electrons. The van der Waals surface area contributed by atoms with Crippen molar-refractivity contribution in [3.63, 3.8) is 0 Å². The molecule has 3 rings (SSSR count). The zero-order valence-corrected chi connectivity index (χ0v) is 12.0. The molecule has 112 valence electrons. The first kappa shape index (κ1) is 14.1. The van der Waals surface area contributed by atoms with Crippen LogP contribution < -0.4 is 5.32 Å². The molecule has 2 aliphatic rings. The maximum absolute atomic E-state index is 12.4. The fourth-order valence-corrected chi connectivity index (χ4v) is 3.64. The van der Waals surface area contributed by atoms with Gasteiger partial charge in [0.2, 0.25) is 5.91 Å². The van der Waals surface area contributed by atoms with E-state index in [0.29, 0.717) is 19.3 Å². The molecule has 3 atom stereocenters. The van der Waals surface area contributed by atoms with Crippen LogP contribution >= 0.6 is 0 Å². The Hall–Kier alpha value is -1.84. The van der Waals surface area contributed by atoms with E-state index in [1.807, 2.05) is 12.1 Å². The number of fused-ring (bicyclic) bond motifs is 1. The number of carboxylic acids is 1. The highest BCUT2D eigenvalue weighted by atomic mass is 16.4. The Morgan fingerprint density at radius 2 is 1.86 bits per heavy atom. The molecule has 1 fully saturated rings. The second-order valence-corrected chi connectivity index (χ2v) is 6.20. The van der Waals surface area contributed by atoms with Gasteiger partial charge in [-0.2, -0.15) is 0 Å². The van der Waals surface area contributed by atoms with Crippen molar-refractivity contribution < 1.29 is 14.7 Å². The predicted molar refractivity (Wildman–Crippen MR) is 78.7 cm³/mol. The summed E-state index contributed by atoms with van der Waals surface area (Å²) in [5.41, 5.74) is 2.55. The topological polar surface area (TPSA) is 66.4 Å². The first-order valence-corrected chi connectivity index (χ1v) is 7.76. The summed E-state index contributed by atoms with van der Waals surface area (Å²) in [6.45, 7) is 0. The van der Waals surface area contributed by atoms with Crippen molar-refractivity contribution in [2.24, 2.45) is 11.8 Å². The molecule has 4 heteroatoms. The largest absolute Gasteiger partial charge is 0.481 e. The Kier molecular flexibility index (Phi) is 3.95. The van der Waals surface area contributed by atoms with E-state index >= 15 is 0 Å². The van der Waals surface area contributed by atoms with Crippen LogP contribution in [0.4, 0.5) is 0 Å². The summed E-state index contributed by atoms with van der Waals surface area (Å²) in [5, 5.41) is 12.2. The van der Waals surface area contributed by atoms with E-state index < -0.39 is 5.97 Å². The maximum atomic E-state index is 12.4. The number of benzene rings is 1. The average molecular weight is 287 g/mol. The SMILES string of the molecule is O=C(O)C1CCC(C(=O)NC2CCCc3ccccc32)C1. The van der Waals surface area contributed by atoms with Crippen LogP contribution in [0.1, 0.15) is 49.3 Å². The van der Waals surface area contributed by atoms with Gasteiger partial charge in [0.05, 0.1) is 12.0 Å². The summed E-state index contributed by atoms with van der Waals surface area (Å²) in [6, 6.07) is 8.36. The molecule has 0 bridgehead atoms. The smallest absolute Gasteiger partial charge is 0.306 e. The van der Waals surface area contributed by atoms with Gasteiger partial charge in [-0.25, -0.2) is 0 Å². The van der Waals surface area contributed by atoms with Crippen LogP contribution in [0.3, 0.4) is 0 Å². The third-order valence-corrected chi connectivity index (χ3v) is 4.84. The van der Waals surface area contributed by atoms with E-state index in [-0.39, 0.29) is 23.8 Å². The molecule has 4 nitrogen and oxygen atoms in total. The fraction of sp³-hybridized carbons (Fsp3) is 0.529. The third-order valence-electron chi connectivity index (χ3n) is 4.84. The van der Waals surface area contributed by atoms with Crippen molar-refractivity contribution in [3.05, 3.63) is 35.4 Å². The summed E-state index contributed by atoms with van der Waals surface area (Å²) < 4.78 is 0. The first-order valence-electron chi connectivity index (χ1n) is 7.76. The first-order chi connectivity index (χ1) is 10.1. The number of carboxylic acid groups (broad SMARTS) is 1. The number of carbonyl (C=O) groups is 2. The maximum Gasteiger partial charge on any atom is 0.306 e. The van der Waals surface area contributed by atoms with Crippen LogP contribution in [0.2, 0.25) is 0 Å². The number of aliphatic carboxylic acids is 1. The lowest BCUT2D eigenvalue weighted by Crippen LogP contribution is -2.35. The number of aryl methyl sites for hydroxylation is 1. The van der Waals surface area contributed by atoms with E-state index in [0.717, 1.165) is 19.3 Å². The van der Waals surface area contributed by atoms with E-state index in [4.69, 9.17) is 5.11 Å². The molecule has 0 saturated heterocycles. The Labute approximate surface area is 124 Å². The molecule has 1 amide bonds. The highest BCUT2D eigenvalue weighted by molar-refractivity contribution is 5.81. The van der Waals surface area contributed by atoms with Crippen LogP contribution in [0.25, 0.3) is 0 Å². The molecular formula is C17H21NO3. The summed E-state index contributed by atoms with van der Waals surface area (Å²) >= 11 is 0. The lowest BCUT2D eigenvalue weighted by atomic mass is 9.87. The summed E-state index contributed by atoms with van der Waals surface area (Å²) in [6.07, 6.45) is 4.93. The number of rotatable bonds is 3. The molecule has 2 aliphatic carbocycles. The number of hydrogen-bond donors (Lipinski definition) is 2. The van der Waals surface area contributed by atoms with Gasteiger partial charge < -0.3 is 10.4 Å². The molecular weight excluding hydrogens is 266 g/mol. The van der Waals surface area contributed by atoms with E-state index in [2.05, 4.69) is 17.4 Å². The van der Waals surface area contributed by atoms with Crippen molar-refractivity contribution in [1.29, 1.82) is 0 Å². The lowest BCUT2D eigenvalue weighted by Gasteiger charge is -2.27. The molecule has 2 N–H and O–H groups in total. The zero-order chi connectivity index (χ0) is 14.8. The van der Waals surface area contributed by atoms with Crippen LogP contribution in [0, 0.1) is 11.8 Å². The van der Waals surface area contributed by atoms with Gasteiger partial charge >= 0.3 is 5.97 Å². The van der Waals surface area contributed by atoms with Gasteiger partial charge in [0.25, 0.3) is 0 Å². The van der Waals surface area contributed by atoms with Crippen molar-refractivity contribution >= 4 is 11.9 Å². The number of amides is 1. The minimum atomic E-state index is -0.770. The van der Waals surface area contributed by atoms with Gasteiger partial charge in [0.1, 0.15) is 0 Å². The monoisotopic (exact) mass is 287 g/mol. The van der Waals surface area contributed by atoms with Gasteiger partial charge in [0.15, 0.2) is 0 Å². The molecule has 3 unspecified atom stereocenters. The number of hydrogen-bond acceptors (Lipinski definition) is 2. The summed E-state index contributed by atoms with van der Waals surface area (Å²) in [5.74, 6) is -1.23. The quantitative estimate of drug-likeness (QED) is 0.898. The van der Waals surface area contributed by atoms with Crippen molar-refractivity contribution in [2.75, 3.05) is 0 Å². The average Bonchev–Trinajstić information content (AvgIpc) is 2.98. The van der Waals surface area contributed by atoms with Crippen LogP contribution in [-0.2, 0) is 16.0 Å². The highest BCUT2D eigenvalue weighted by Gasteiger charge is 2.35. The highest BCUT2D eigenvalue weighted by Crippen LogP contribution is 2.33. The van der Waals surface area contributed by atoms with Gasteiger partial charge in [-0.1, -0.05) is 24.3 Å². The number of carbonyl (C=O) groups excluding carboxylic acids is 1. The molecule has 0 spiro atoms. The Balaban J connectivity index is 1.65. The molecule has 0 aromatic heterocycles. The van der Waals surface area contributed by atoms with E-state index in [1.54, 1.807) is 0 Å². The molecule has 1 saturated carbocycles.